The number of primary amides is 1. The fraction of sp³-hybridized carbons (Fsp3) is 0.0769. The normalized spacial score (nSPS) is 10.0. The minimum absolute atomic E-state index is 0.0218. The number of nitrogens with two attached hydrogens (primary N) is 1. The van der Waals surface area contributed by atoms with Crippen LogP contribution in [0, 0.1) is 0 Å². The quantitative estimate of drug-likeness (QED) is 0.835. The molecule has 0 aliphatic rings. The van der Waals surface area contributed by atoms with Gasteiger partial charge in [-0.15, -0.1) is 11.3 Å². The highest BCUT2D eigenvalue weighted by Gasteiger charge is 2.09. The van der Waals surface area contributed by atoms with Gasteiger partial charge in [-0.05, 0) is 35.7 Å². The predicted octanol–water partition coefficient (Wildman–Crippen LogP) is 1.84. The van der Waals surface area contributed by atoms with Crippen LogP contribution in [0.2, 0.25) is 0 Å². The monoisotopic (exact) mass is 261 g/mol. The Hall–Kier alpha value is -2.14. The number of hydrogen-bond donors (Lipinski definition) is 1. The van der Waals surface area contributed by atoms with Gasteiger partial charge in [-0.2, -0.15) is 0 Å². The Morgan fingerprint density at radius 3 is 2.44 bits per heavy atom. The number of ketones is 1. The van der Waals surface area contributed by atoms with Gasteiger partial charge >= 0.3 is 0 Å². The number of amides is 1. The Balaban J connectivity index is 2.08. The zero-order valence-electron chi connectivity index (χ0n) is 9.46. The summed E-state index contributed by atoms with van der Waals surface area (Å²) in [5.74, 6) is -0.0447. The van der Waals surface area contributed by atoms with Gasteiger partial charge < -0.3 is 10.5 Å². The van der Waals surface area contributed by atoms with Gasteiger partial charge in [0.1, 0.15) is 5.75 Å². The van der Waals surface area contributed by atoms with Gasteiger partial charge in [0.15, 0.2) is 6.61 Å². The van der Waals surface area contributed by atoms with Gasteiger partial charge in [0, 0.05) is 5.56 Å². The standard InChI is InChI=1S/C13H11NO3S/c14-12(15)8-17-10-5-3-9(4-6-10)13(16)11-2-1-7-18-11/h1-7H,8H2,(H2,14,15). The Labute approximate surface area is 108 Å². The molecule has 1 aromatic heterocycles. The largest absolute Gasteiger partial charge is 0.484 e. The molecule has 0 fully saturated rings. The molecule has 0 saturated heterocycles. The summed E-state index contributed by atoms with van der Waals surface area (Å²) in [6.07, 6.45) is 0. The van der Waals surface area contributed by atoms with E-state index >= 15 is 0 Å². The van der Waals surface area contributed by atoms with Crippen LogP contribution in [-0.4, -0.2) is 18.3 Å². The summed E-state index contributed by atoms with van der Waals surface area (Å²) in [6, 6.07) is 10.2. The first-order chi connectivity index (χ1) is 8.66. The fourth-order valence-corrected chi connectivity index (χ4v) is 2.09. The van der Waals surface area contributed by atoms with Crippen molar-refractivity contribution in [3.8, 4) is 5.75 Å². The van der Waals surface area contributed by atoms with E-state index < -0.39 is 5.91 Å². The minimum atomic E-state index is -0.534. The van der Waals surface area contributed by atoms with Crippen LogP contribution in [0.15, 0.2) is 41.8 Å². The highest BCUT2D eigenvalue weighted by atomic mass is 32.1. The van der Waals surface area contributed by atoms with Crippen LogP contribution in [0.1, 0.15) is 15.2 Å². The molecule has 1 heterocycles. The number of thiophene rings is 1. The van der Waals surface area contributed by atoms with E-state index in [9.17, 15) is 9.59 Å². The maximum absolute atomic E-state index is 12.0. The van der Waals surface area contributed by atoms with Crippen molar-refractivity contribution in [3.05, 3.63) is 52.2 Å². The summed E-state index contributed by atoms with van der Waals surface area (Å²) >= 11 is 1.40. The Kier molecular flexibility index (Phi) is 3.74. The van der Waals surface area contributed by atoms with Crippen molar-refractivity contribution < 1.29 is 14.3 Å². The topological polar surface area (TPSA) is 69.4 Å². The molecule has 0 atom stereocenters. The molecule has 1 amide bonds. The van der Waals surface area contributed by atoms with Crippen LogP contribution in [0.25, 0.3) is 0 Å². The Morgan fingerprint density at radius 2 is 1.89 bits per heavy atom. The van der Waals surface area contributed by atoms with Gasteiger partial charge in [0.05, 0.1) is 4.88 Å². The zero-order chi connectivity index (χ0) is 13.0. The zero-order valence-corrected chi connectivity index (χ0v) is 10.3. The predicted molar refractivity (Wildman–Crippen MR) is 68.9 cm³/mol. The maximum atomic E-state index is 12.0. The molecule has 1 aromatic carbocycles. The second-order valence-corrected chi connectivity index (χ2v) is 4.53. The average Bonchev–Trinajstić information content (AvgIpc) is 2.90. The number of hydrogen-bond acceptors (Lipinski definition) is 4. The molecule has 2 rings (SSSR count). The molecule has 0 bridgehead atoms. The molecular weight excluding hydrogens is 250 g/mol. The van der Waals surface area contributed by atoms with E-state index in [4.69, 9.17) is 10.5 Å². The highest BCUT2D eigenvalue weighted by Crippen LogP contribution is 2.18. The number of ether oxygens (including phenoxy) is 1. The van der Waals surface area contributed by atoms with Crippen molar-refractivity contribution in [2.75, 3.05) is 6.61 Å². The summed E-state index contributed by atoms with van der Waals surface area (Å²) < 4.78 is 5.11. The average molecular weight is 261 g/mol. The molecule has 0 radical (unpaired) electrons. The molecule has 18 heavy (non-hydrogen) atoms. The van der Waals surface area contributed by atoms with Crippen molar-refractivity contribution in [2.45, 2.75) is 0 Å². The molecule has 0 aliphatic heterocycles. The molecule has 0 unspecified atom stereocenters. The van der Waals surface area contributed by atoms with Crippen LogP contribution in [0.5, 0.6) is 5.75 Å². The third kappa shape index (κ3) is 2.95. The Bertz CT molecular complexity index is 546. The van der Waals surface area contributed by atoms with Gasteiger partial charge in [0.2, 0.25) is 5.78 Å². The molecule has 2 N–H and O–H groups in total. The van der Waals surface area contributed by atoms with Gasteiger partial charge in [0.25, 0.3) is 5.91 Å². The smallest absolute Gasteiger partial charge is 0.255 e. The molecule has 4 nitrogen and oxygen atoms in total. The molecule has 0 aliphatic carbocycles. The van der Waals surface area contributed by atoms with Gasteiger partial charge in [-0.25, -0.2) is 0 Å². The lowest BCUT2D eigenvalue weighted by Gasteiger charge is -2.04. The van der Waals surface area contributed by atoms with Crippen LogP contribution in [0.4, 0.5) is 0 Å². The van der Waals surface area contributed by atoms with E-state index in [1.165, 1.54) is 11.3 Å². The number of carbonyl (C=O) groups excluding carboxylic acids is 2. The van der Waals surface area contributed by atoms with E-state index in [2.05, 4.69) is 0 Å². The molecule has 92 valence electrons. The molecule has 2 aromatic rings. The van der Waals surface area contributed by atoms with E-state index in [1.54, 1.807) is 30.3 Å². The van der Waals surface area contributed by atoms with Crippen LogP contribution in [0.3, 0.4) is 0 Å². The lowest BCUT2D eigenvalue weighted by atomic mass is 10.1. The van der Waals surface area contributed by atoms with Gasteiger partial charge in [-0.3, -0.25) is 9.59 Å². The minimum Gasteiger partial charge on any atom is -0.484 e. The summed E-state index contributed by atoms with van der Waals surface area (Å²) in [4.78, 5) is 23.2. The first kappa shape index (κ1) is 12.3. The SMILES string of the molecule is NC(=O)COc1ccc(C(=O)c2cccs2)cc1. The summed E-state index contributed by atoms with van der Waals surface area (Å²) in [7, 11) is 0. The van der Waals surface area contributed by atoms with Crippen LogP contribution in [-0.2, 0) is 4.79 Å². The fourth-order valence-electron chi connectivity index (χ4n) is 1.41. The summed E-state index contributed by atoms with van der Waals surface area (Å²) in [6.45, 7) is -0.168. The Morgan fingerprint density at radius 1 is 1.17 bits per heavy atom. The van der Waals surface area contributed by atoms with E-state index in [0.29, 0.717) is 16.2 Å². The second kappa shape index (κ2) is 5.46. The first-order valence-corrected chi connectivity index (χ1v) is 6.14. The maximum Gasteiger partial charge on any atom is 0.255 e. The number of rotatable bonds is 5. The van der Waals surface area contributed by atoms with Crippen molar-refractivity contribution in [1.82, 2.24) is 0 Å². The first-order valence-electron chi connectivity index (χ1n) is 5.26. The van der Waals surface area contributed by atoms with Gasteiger partial charge in [-0.1, -0.05) is 6.07 Å². The summed E-state index contributed by atoms with van der Waals surface area (Å²) in [5, 5.41) is 1.86. The van der Waals surface area contributed by atoms with Crippen molar-refractivity contribution >= 4 is 23.0 Å². The third-order valence-corrected chi connectivity index (χ3v) is 3.11. The van der Waals surface area contributed by atoms with Crippen molar-refractivity contribution in [3.63, 3.8) is 0 Å². The number of benzene rings is 1. The lowest BCUT2D eigenvalue weighted by Crippen LogP contribution is -2.20. The molecule has 0 spiro atoms. The molecular formula is C13H11NO3S. The second-order valence-electron chi connectivity index (χ2n) is 3.59. The summed E-state index contributed by atoms with van der Waals surface area (Å²) in [5.41, 5.74) is 5.55. The number of carbonyl (C=O) groups is 2. The third-order valence-electron chi connectivity index (χ3n) is 2.24. The van der Waals surface area contributed by atoms with Crippen LogP contribution < -0.4 is 10.5 Å². The van der Waals surface area contributed by atoms with E-state index in [1.807, 2.05) is 11.4 Å². The highest BCUT2D eigenvalue weighted by molar-refractivity contribution is 7.12. The molecule has 5 heteroatoms. The lowest BCUT2D eigenvalue weighted by molar-refractivity contribution is -0.119. The van der Waals surface area contributed by atoms with E-state index in [0.717, 1.165) is 0 Å². The van der Waals surface area contributed by atoms with Crippen molar-refractivity contribution in [1.29, 1.82) is 0 Å². The van der Waals surface area contributed by atoms with Crippen LogP contribution >= 0.6 is 11.3 Å². The molecule has 0 saturated carbocycles. The van der Waals surface area contributed by atoms with Crippen molar-refractivity contribution in [2.24, 2.45) is 5.73 Å². The van der Waals surface area contributed by atoms with E-state index in [-0.39, 0.29) is 12.4 Å².